The van der Waals surface area contributed by atoms with E-state index in [1.54, 1.807) is 4.90 Å². The summed E-state index contributed by atoms with van der Waals surface area (Å²) in [7, 11) is 1.36. The third-order valence-corrected chi connectivity index (χ3v) is 3.45. The molecule has 2 rings (SSSR count). The third-order valence-electron chi connectivity index (χ3n) is 3.45. The van der Waals surface area contributed by atoms with Crippen molar-refractivity contribution in [2.45, 2.75) is 43.7 Å². The van der Waals surface area contributed by atoms with Crippen molar-refractivity contribution in [2.24, 2.45) is 5.73 Å². The predicted molar refractivity (Wildman–Crippen MR) is 57.5 cm³/mol. The molecular weight excluding hydrogens is 208 g/mol. The van der Waals surface area contributed by atoms with Gasteiger partial charge in [-0.05, 0) is 32.1 Å². The second-order valence-corrected chi connectivity index (χ2v) is 4.69. The van der Waals surface area contributed by atoms with Crippen molar-refractivity contribution in [2.75, 3.05) is 13.7 Å². The lowest BCUT2D eigenvalue weighted by Gasteiger charge is -2.35. The molecule has 1 atom stereocenters. The number of hydrogen-bond donors (Lipinski definition) is 1. The molecule has 0 radical (unpaired) electrons. The highest BCUT2D eigenvalue weighted by Crippen LogP contribution is 2.36. The van der Waals surface area contributed by atoms with Gasteiger partial charge >= 0.3 is 5.97 Å². The number of ether oxygens (including phenoxy) is 1. The fourth-order valence-corrected chi connectivity index (χ4v) is 2.19. The van der Waals surface area contributed by atoms with Crippen molar-refractivity contribution in [3.63, 3.8) is 0 Å². The molecule has 1 saturated heterocycles. The first-order valence-corrected chi connectivity index (χ1v) is 5.76. The van der Waals surface area contributed by atoms with Crippen LogP contribution in [0.25, 0.3) is 0 Å². The molecule has 2 fully saturated rings. The number of nitrogens with two attached hydrogens (primary N) is 1. The van der Waals surface area contributed by atoms with E-state index >= 15 is 0 Å². The number of likely N-dealkylation sites (tertiary alicyclic amines) is 1. The molecule has 1 unspecified atom stereocenters. The van der Waals surface area contributed by atoms with E-state index in [9.17, 15) is 9.59 Å². The molecule has 1 aliphatic carbocycles. The van der Waals surface area contributed by atoms with Gasteiger partial charge in [0.2, 0.25) is 5.91 Å². The highest BCUT2D eigenvalue weighted by Gasteiger charge is 2.50. The number of esters is 1. The fourth-order valence-electron chi connectivity index (χ4n) is 2.19. The van der Waals surface area contributed by atoms with Gasteiger partial charge in [0.25, 0.3) is 0 Å². The summed E-state index contributed by atoms with van der Waals surface area (Å²) in [6.45, 7) is 0.623. The van der Waals surface area contributed by atoms with Crippen molar-refractivity contribution in [3.05, 3.63) is 0 Å². The van der Waals surface area contributed by atoms with Crippen LogP contribution in [0.4, 0.5) is 0 Å². The first-order chi connectivity index (χ1) is 7.58. The Morgan fingerprint density at radius 3 is 2.62 bits per heavy atom. The van der Waals surface area contributed by atoms with E-state index in [-0.39, 0.29) is 11.9 Å². The molecular formula is C11H18N2O3. The van der Waals surface area contributed by atoms with E-state index in [0.29, 0.717) is 13.0 Å². The van der Waals surface area contributed by atoms with E-state index in [1.165, 1.54) is 7.11 Å². The molecule has 16 heavy (non-hydrogen) atoms. The van der Waals surface area contributed by atoms with E-state index in [1.807, 2.05) is 0 Å². The number of rotatable bonds is 2. The van der Waals surface area contributed by atoms with Gasteiger partial charge in [0.05, 0.1) is 12.6 Å². The highest BCUT2D eigenvalue weighted by molar-refractivity contribution is 5.92. The van der Waals surface area contributed by atoms with Crippen LogP contribution in [0.1, 0.15) is 32.1 Å². The van der Waals surface area contributed by atoms with Crippen LogP contribution in [0, 0.1) is 0 Å². The maximum Gasteiger partial charge on any atom is 0.328 e. The lowest BCUT2D eigenvalue weighted by molar-refractivity contribution is -0.155. The van der Waals surface area contributed by atoms with Gasteiger partial charge in [0, 0.05) is 6.54 Å². The van der Waals surface area contributed by atoms with Crippen molar-refractivity contribution in [1.29, 1.82) is 0 Å². The average Bonchev–Trinajstić information content (AvgIpc) is 3.06. The molecule has 5 heteroatoms. The van der Waals surface area contributed by atoms with E-state index < -0.39 is 11.6 Å². The van der Waals surface area contributed by atoms with E-state index in [4.69, 9.17) is 10.5 Å². The molecule has 0 spiro atoms. The van der Waals surface area contributed by atoms with Crippen LogP contribution < -0.4 is 5.73 Å². The number of piperidine rings is 1. The van der Waals surface area contributed by atoms with Crippen LogP contribution in [0.2, 0.25) is 0 Å². The largest absolute Gasteiger partial charge is 0.467 e. The molecule has 0 aromatic carbocycles. The van der Waals surface area contributed by atoms with Crippen molar-refractivity contribution >= 4 is 11.9 Å². The van der Waals surface area contributed by atoms with Gasteiger partial charge in [0.1, 0.15) is 6.04 Å². The Morgan fingerprint density at radius 1 is 1.38 bits per heavy atom. The average molecular weight is 226 g/mol. The Bertz CT molecular complexity index is 312. The van der Waals surface area contributed by atoms with Crippen molar-refractivity contribution in [1.82, 2.24) is 4.90 Å². The minimum atomic E-state index is -0.691. The fraction of sp³-hybridized carbons (Fsp3) is 0.818. The van der Waals surface area contributed by atoms with Crippen LogP contribution in [0.5, 0.6) is 0 Å². The summed E-state index contributed by atoms with van der Waals surface area (Å²) in [5.74, 6) is -0.403. The van der Waals surface area contributed by atoms with Gasteiger partial charge in [-0.2, -0.15) is 0 Å². The number of amides is 1. The first kappa shape index (κ1) is 11.4. The minimum absolute atomic E-state index is 0.0809. The van der Waals surface area contributed by atoms with Crippen LogP contribution in [-0.2, 0) is 14.3 Å². The number of methoxy groups -OCH3 is 1. The predicted octanol–water partition coefficient (Wildman–Crippen LogP) is 0.0318. The van der Waals surface area contributed by atoms with Crippen molar-refractivity contribution in [3.8, 4) is 0 Å². The minimum Gasteiger partial charge on any atom is -0.467 e. The molecule has 2 N–H and O–H groups in total. The molecule has 2 aliphatic rings. The SMILES string of the molecule is COC(=O)C1CCCCN1C(=O)C1(N)CC1. The summed E-state index contributed by atoms with van der Waals surface area (Å²) in [4.78, 5) is 25.3. The molecule has 5 nitrogen and oxygen atoms in total. The molecule has 90 valence electrons. The summed E-state index contributed by atoms with van der Waals surface area (Å²) >= 11 is 0. The van der Waals surface area contributed by atoms with Gasteiger partial charge < -0.3 is 15.4 Å². The van der Waals surface area contributed by atoms with Gasteiger partial charge in [-0.25, -0.2) is 4.79 Å². The van der Waals surface area contributed by atoms with Gasteiger partial charge in [0.15, 0.2) is 0 Å². The van der Waals surface area contributed by atoms with Crippen LogP contribution >= 0.6 is 0 Å². The Labute approximate surface area is 94.9 Å². The van der Waals surface area contributed by atoms with Crippen LogP contribution in [0.15, 0.2) is 0 Å². The molecule has 1 saturated carbocycles. The maximum atomic E-state index is 12.1. The zero-order valence-corrected chi connectivity index (χ0v) is 9.57. The lowest BCUT2D eigenvalue weighted by Crippen LogP contribution is -2.54. The normalized spacial score (nSPS) is 27.4. The number of nitrogens with zero attached hydrogens (tertiary/aromatic N) is 1. The van der Waals surface area contributed by atoms with Crippen LogP contribution in [-0.4, -0.2) is 42.0 Å². The van der Waals surface area contributed by atoms with Gasteiger partial charge in [-0.3, -0.25) is 4.79 Å². The van der Waals surface area contributed by atoms with E-state index in [0.717, 1.165) is 25.7 Å². The molecule has 0 aromatic rings. The Hall–Kier alpha value is -1.10. The number of hydrogen-bond acceptors (Lipinski definition) is 4. The standard InChI is InChI=1S/C11H18N2O3/c1-16-9(14)8-4-2-3-7-13(8)10(15)11(12)5-6-11/h8H,2-7,12H2,1H3. The molecule has 0 bridgehead atoms. The van der Waals surface area contributed by atoms with Gasteiger partial charge in [-0.15, -0.1) is 0 Å². The first-order valence-electron chi connectivity index (χ1n) is 5.76. The Balaban J connectivity index is 2.10. The lowest BCUT2D eigenvalue weighted by atomic mass is 10.0. The summed E-state index contributed by atoms with van der Waals surface area (Å²) < 4.78 is 4.73. The summed E-state index contributed by atoms with van der Waals surface area (Å²) in [5, 5.41) is 0. The highest BCUT2D eigenvalue weighted by atomic mass is 16.5. The Kier molecular flexibility index (Phi) is 2.88. The smallest absolute Gasteiger partial charge is 0.328 e. The zero-order valence-electron chi connectivity index (χ0n) is 9.57. The quantitative estimate of drug-likeness (QED) is 0.674. The summed E-state index contributed by atoms with van der Waals surface area (Å²) in [5.41, 5.74) is 5.19. The van der Waals surface area contributed by atoms with E-state index in [2.05, 4.69) is 0 Å². The Morgan fingerprint density at radius 2 is 2.06 bits per heavy atom. The summed E-state index contributed by atoms with van der Waals surface area (Å²) in [6.07, 6.45) is 4.05. The topological polar surface area (TPSA) is 72.6 Å². The maximum absolute atomic E-state index is 12.1. The monoisotopic (exact) mass is 226 g/mol. The molecule has 1 aliphatic heterocycles. The second-order valence-electron chi connectivity index (χ2n) is 4.69. The molecule has 1 amide bonds. The zero-order chi connectivity index (χ0) is 11.8. The van der Waals surface area contributed by atoms with Crippen molar-refractivity contribution < 1.29 is 14.3 Å². The summed E-state index contributed by atoms with van der Waals surface area (Å²) in [6, 6.07) is -0.424. The van der Waals surface area contributed by atoms with Crippen LogP contribution in [0.3, 0.4) is 0 Å². The number of carbonyl (C=O) groups excluding carboxylic acids is 2. The molecule has 0 aromatic heterocycles. The molecule has 1 heterocycles. The number of carbonyl (C=O) groups is 2. The second kappa shape index (κ2) is 4.05. The van der Waals surface area contributed by atoms with Gasteiger partial charge in [-0.1, -0.05) is 0 Å². The third kappa shape index (κ3) is 1.91.